The van der Waals surface area contributed by atoms with E-state index in [0.717, 1.165) is 25.1 Å². The first-order chi connectivity index (χ1) is 12.2. The zero-order chi connectivity index (χ0) is 17.6. The molecular weight excluding hydrogens is 314 g/mol. The summed E-state index contributed by atoms with van der Waals surface area (Å²) in [6.45, 7) is 1.19. The molecule has 0 radical (unpaired) electrons. The van der Waals surface area contributed by atoms with E-state index < -0.39 is 0 Å². The topological polar surface area (TPSA) is 65.4 Å². The maximum atomic E-state index is 12.4. The minimum Gasteiger partial charge on any atom is -0.497 e. The third-order valence-corrected chi connectivity index (χ3v) is 4.51. The quantitative estimate of drug-likeness (QED) is 0.910. The molecule has 5 nitrogen and oxygen atoms in total. The molecule has 3 rings (SSSR count). The molecule has 0 spiro atoms. The monoisotopic (exact) mass is 335 g/mol. The highest BCUT2D eigenvalue weighted by Gasteiger charge is 2.27. The minimum absolute atomic E-state index is 0.0995. The summed E-state index contributed by atoms with van der Waals surface area (Å²) in [4.78, 5) is 14.6. The SMILES string of the molecule is COc1cccc(C2CCCN2CC(=O)Nc2ccccc2C#N)c1. The summed E-state index contributed by atoms with van der Waals surface area (Å²) in [7, 11) is 1.66. The molecule has 2 aromatic rings. The number of rotatable bonds is 5. The Morgan fingerprint density at radius 3 is 2.96 bits per heavy atom. The highest BCUT2D eigenvalue weighted by atomic mass is 16.5. The Balaban J connectivity index is 1.69. The van der Waals surface area contributed by atoms with Crippen molar-refractivity contribution in [2.75, 3.05) is 25.5 Å². The van der Waals surface area contributed by atoms with Gasteiger partial charge in [-0.2, -0.15) is 5.26 Å². The smallest absolute Gasteiger partial charge is 0.238 e. The summed E-state index contributed by atoms with van der Waals surface area (Å²) in [5, 5.41) is 12.0. The van der Waals surface area contributed by atoms with E-state index in [2.05, 4.69) is 22.4 Å². The van der Waals surface area contributed by atoms with Crippen LogP contribution < -0.4 is 10.1 Å². The number of carbonyl (C=O) groups is 1. The summed E-state index contributed by atoms with van der Waals surface area (Å²) in [6.07, 6.45) is 2.08. The molecule has 0 aliphatic carbocycles. The predicted molar refractivity (Wildman–Crippen MR) is 96.3 cm³/mol. The van der Waals surface area contributed by atoms with Crippen LogP contribution in [-0.4, -0.2) is 31.0 Å². The zero-order valence-electron chi connectivity index (χ0n) is 14.2. The highest BCUT2D eigenvalue weighted by molar-refractivity contribution is 5.93. The fourth-order valence-electron chi connectivity index (χ4n) is 3.31. The van der Waals surface area contributed by atoms with Gasteiger partial charge in [0.15, 0.2) is 0 Å². The first-order valence-corrected chi connectivity index (χ1v) is 8.38. The Morgan fingerprint density at radius 2 is 2.16 bits per heavy atom. The third kappa shape index (κ3) is 3.98. The van der Waals surface area contributed by atoms with Crippen LogP contribution in [0.5, 0.6) is 5.75 Å². The van der Waals surface area contributed by atoms with E-state index in [1.807, 2.05) is 24.3 Å². The first kappa shape index (κ1) is 17.0. The van der Waals surface area contributed by atoms with Crippen molar-refractivity contribution in [3.8, 4) is 11.8 Å². The van der Waals surface area contributed by atoms with E-state index in [-0.39, 0.29) is 11.9 Å². The lowest BCUT2D eigenvalue weighted by Gasteiger charge is -2.24. The molecule has 128 valence electrons. The molecule has 1 N–H and O–H groups in total. The van der Waals surface area contributed by atoms with Gasteiger partial charge >= 0.3 is 0 Å². The van der Waals surface area contributed by atoms with Crippen molar-refractivity contribution < 1.29 is 9.53 Å². The number of amides is 1. The van der Waals surface area contributed by atoms with Gasteiger partial charge in [-0.25, -0.2) is 0 Å². The van der Waals surface area contributed by atoms with Crippen molar-refractivity contribution in [2.24, 2.45) is 0 Å². The van der Waals surface area contributed by atoms with Crippen molar-refractivity contribution >= 4 is 11.6 Å². The molecular formula is C20H21N3O2. The summed E-state index contributed by atoms with van der Waals surface area (Å²) in [5.74, 6) is 0.731. The number of nitrogens with zero attached hydrogens (tertiary/aromatic N) is 2. The number of anilines is 1. The number of para-hydroxylation sites is 1. The van der Waals surface area contributed by atoms with Crippen LogP contribution in [0.2, 0.25) is 0 Å². The standard InChI is InChI=1S/C20H21N3O2/c1-25-17-8-4-7-15(12-17)19-10-5-11-23(19)14-20(24)22-18-9-3-2-6-16(18)13-21/h2-4,6-9,12,19H,5,10-11,14H2,1H3,(H,22,24). The lowest BCUT2D eigenvalue weighted by molar-refractivity contribution is -0.117. The Labute approximate surface area is 147 Å². The van der Waals surface area contributed by atoms with Gasteiger partial charge in [-0.15, -0.1) is 0 Å². The molecule has 1 saturated heterocycles. The van der Waals surface area contributed by atoms with Gasteiger partial charge in [-0.3, -0.25) is 9.69 Å². The molecule has 5 heteroatoms. The van der Waals surface area contributed by atoms with Crippen LogP contribution in [0, 0.1) is 11.3 Å². The summed E-state index contributed by atoms with van der Waals surface area (Å²) in [5.41, 5.74) is 2.20. The lowest BCUT2D eigenvalue weighted by Crippen LogP contribution is -2.33. The number of methoxy groups -OCH3 is 1. The molecule has 1 amide bonds. The van der Waals surface area contributed by atoms with E-state index in [9.17, 15) is 4.79 Å². The Kier molecular flexibility index (Phi) is 5.32. The van der Waals surface area contributed by atoms with Crippen LogP contribution in [0.4, 0.5) is 5.69 Å². The largest absolute Gasteiger partial charge is 0.497 e. The summed E-state index contributed by atoms with van der Waals surface area (Å²) < 4.78 is 5.31. The highest BCUT2D eigenvalue weighted by Crippen LogP contribution is 2.33. The maximum absolute atomic E-state index is 12.4. The number of likely N-dealkylation sites (tertiary alicyclic amines) is 1. The van der Waals surface area contributed by atoms with Crippen molar-refractivity contribution in [1.29, 1.82) is 5.26 Å². The van der Waals surface area contributed by atoms with Gasteiger partial charge in [0.25, 0.3) is 0 Å². The predicted octanol–water partition coefficient (Wildman–Crippen LogP) is 3.34. The third-order valence-electron chi connectivity index (χ3n) is 4.51. The van der Waals surface area contributed by atoms with Gasteiger partial charge < -0.3 is 10.1 Å². The normalized spacial score (nSPS) is 17.0. The van der Waals surface area contributed by atoms with Gasteiger partial charge in [-0.1, -0.05) is 24.3 Å². The number of nitriles is 1. The molecule has 1 aliphatic rings. The average Bonchev–Trinajstić information content (AvgIpc) is 3.10. The van der Waals surface area contributed by atoms with Gasteiger partial charge in [0.1, 0.15) is 11.8 Å². The number of ether oxygens (including phenoxy) is 1. The number of benzene rings is 2. The van der Waals surface area contributed by atoms with Gasteiger partial charge in [0.05, 0.1) is 24.9 Å². The second-order valence-corrected chi connectivity index (χ2v) is 6.11. The molecule has 0 bridgehead atoms. The maximum Gasteiger partial charge on any atom is 0.238 e. The second kappa shape index (κ2) is 7.82. The molecule has 2 aromatic carbocycles. The van der Waals surface area contributed by atoms with E-state index >= 15 is 0 Å². The number of hydrogen-bond donors (Lipinski definition) is 1. The van der Waals surface area contributed by atoms with E-state index in [1.54, 1.807) is 25.3 Å². The van der Waals surface area contributed by atoms with Crippen LogP contribution in [0.25, 0.3) is 0 Å². The Hall–Kier alpha value is -2.84. The van der Waals surface area contributed by atoms with Gasteiger partial charge in [-0.05, 0) is 49.2 Å². The fourth-order valence-corrected chi connectivity index (χ4v) is 3.31. The summed E-state index contributed by atoms with van der Waals surface area (Å²) in [6, 6.07) is 17.4. The Morgan fingerprint density at radius 1 is 1.32 bits per heavy atom. The second-order valence-electron chi connectivity index (χ2n) is 6.11. The average molecular weight is 335 g/mol. The van der Waals surface area contributed by atoms with Gasteiger partial charge in [0, 0.05) is 6.04 Å². The van der Waals surface area contributed by atoms with Crippen LogP contribution in [0.1, 0.15) is 30.0 Å². The van der Waals surface area contributed by atoms with Gasteiger partial charge in [0.2, 0.25) is 5.91 Å². The lowest BCUT2D eigenvalue weighted by atomic mass is 10.0. The van der Waals surface area contributed by atoms with E-state index in [4.69, 9.17) is 10.00 Å². The van der Waals surface area contributed by atoms with Crippen molar-refractivity contribution in [2.45, 2.75) is 18.9 Å². The minimum atomic E-state index is -0.0995. The first-order valence-electron chi connectivity index (χ1n) is 8.38. The number of carbonyl (C=O) groups excluding carboxylic acids is 1. The molecule has 1 unspecified atom stereocenters. The number of nitrogens with one attached hydrogen (secondary N) is 1. The molecule has 1 fully saturated rings. The Bertz CT molecular complexity index is 798. The molecule has 0 saturated carbocycles. The zero-order valence-corrected chi connectivity index (χ0v) is 14.2. The van der Waals surface area contributed by atoms with Crippen molar-refractivity contribution in [3.05, 3.63) is 59.7 Å². The van der Waals surface area contributed by atoms with Crippen molar-refractivity contribution in [1.82, 2.24) is 4.90 Å². The van der Waals surface area contributed by atoms with Crippen LogP contribution >= 0.6 is 0 Å². The van der Waals surface area contributed by atoms with Crippen molar-refractivity contribution in [3.63, 3.8) is 0 Å². The molecule has 25 heavy (non-hydrogen) atoms. The van der Waals surface area contributed by atoms with E-state index in [1.165, 1.54) is 5.56 Å². The van der Waals surface area contributed by atoms with Crippen LogP contribution in [0.3, 0.4) is 0 Å². The fraction of sp³-hybridized carbons (Fsp3) is 0.300. The van der Waals surface area contributed by atoms with E-state index in [0.29, 0.717) is 17.8 Å². The number of hydrogen-bond acceptors (Lipinski definition) is 4. The molecule has 1 heterocycles. The summed E-state index contributed by atoms with van der Waals surface area (Å²) >= 11 is 0. The van der Waals surface area contributed by atoms with Crippen LogP contribution in [0.15, 0.2) is 48.5 Å². The molecule has 0 aromatic heterocycles. The van der Waals surface area contributed by atoms with Crippen LogP contribution in [-0.2, 0) is 4.79 Å². The molecule has 1 atom stereocenters. The molecule has 1 aliphatic heterocycles.